The molecule has 0 spiro atoms. The summed E-state index contributed by atoms with van der Waals surface area (Å²) in [6.45, 7) is 0. The second-order valence-electron chi connectivity index (χ2n) is 3.29. The number of phenols is 1. The Balaban J connectivity index is 2.61. The maximum Gasteiger partial charge on any atom is 0.325 e. The van der Waals surface area contributed by atoms with Gasteiger partial charge in [0.2, 0.25) is 0 Å². The number of carboxylic acids is 1. The maximum atomic E-state index is 10.7. The Kier molecular flexibility index (Phi) is 2.09. The molecule has 0 saturated carbocycles. The summed E-state index contributed by atoms with van der Waals surface area (Å²) in [5, 5.41) is 18.7. The summed E-state index contributed by atoms with van der Waals surface area (Å²) in [5.41, 5.74) is 6.71. The van der Waals surface area contributed by atoms with Gasteiger partial charge in [0.15, 0.2) is 0 Å². The van der Waals surface area contributed by atoms with E-state index >= 15 is 0 Å². The van der Waals surface area contributed by atoms with E-state index in [1.807, 2.05) is 0 Å². The number of nitrogens with two attached hydrogens (primary N) is 1. The fourth-order valence-electron chi connectivity index (χ4n) is 1.52. The molecule has 0 aliphatic heterocycles. The number of nitrogens with one attached hydrogen (secondary N) is 1. The van der Waals surface area contributed by atoms with Crippen molar-refractivity contribution in [2.24, 2.45) is 5.73 Å². The summed E-state index contributed by atoms with van der Waals surface area (Å²) in [6, 6.07) is 3.60. The van der Waals surface area contributed by atoms with Crippen LogP contribution in [0.3, 0.4) is 0 Å². The molecule has 1 heterocycles. The van der Waals surface area contributed by atoms with E-state index < -0.39 is 12.0 Å². The summed E-state index contributed by atoms with van der Waals surface area (Å²) in [5.74, 6) is -1.01. The first-order valence-corrected chi connectivity index (χ1v) is 4.38. The monoisotopic (exact) mass is 206 g/mol. The predicted octanol–water partition coefficient (Wildman–Crippen LogP) is 0.958. The van der Waals surface area contributed by atoms with Crippen molar-refractivity contribution in [2.75, 3.05) is 0 Å². The highest BCUT2D eigenvalue weighted by Crippen LogP contribution is 2.26. The Bertz CT molecular complexity index is 518. The molecule has 78 valence electrons. The van der Waals surface area contributed by atoms with Gasteiger partial charge in [-0.25, -0.2) is 0 Å². The summed E-state index contributed by atoms with van der Waals surface area (Å²) in [7, 11) is 0. The molecule has 5 N–H and O–H groups in total. The van der Waals surface area contributed by atoms with Crippen LogP contribution in [0.1, 0.15) is 11.6 Å². The van der Waals surface area contributed by atoms with Crippen molar-refractivity contribution < 1.29 is 15.0 Å². The molecule has 0 radical (unpaired) electrons. The first kappa shape index (κ1) is 9.54. The molecule has 0 bridgehead atoms. The first-order chi connectivity index (χ1) is 7.09. The average Bonchev–Trinajstić information content (AvgIpc) is 2.59. The zero-order valence-corrected chi connectivity index (χ0v) is 7.77. The minimum atomic E-state index is -1.10. The minimum Gasteiger partial charge on any atom is -0.508 e. The molecule has 1 aromatic heterocycles. The van der Waals surface area contributed by atoms with Crippen molar-refractivity contribution >= 4 is 16.9 Å². The molecule has 2 aromatic rings. The number of rotatable bonds is 2. The number of aromatic hydroxyl groups is 1. The number of phenolic OH excluding ortho intramolecular Hbond substituents is 1. The lowest BCUT2D eigenvalue weighted by atomic mass is 10.1. The lowest BCUT2D eigenvalue weighted by Crippen LogP contribution is -2.20. The number of benzene rings is 1. The van der Waals surface area contributed by atoms with Crippen molar-refractivity contribution in [2.45, 2.75) is 6.04 Å². The highest BCUT2D eigenvalue weighted by Gasteiger charge is 2.18. The fourth-order valence-corrected chi connectivity index (χ4v) is 1.52. The molecular weight excluding hydrogens is 196 g/mol. The van der Waals surface area contributed by atoms with E-state index in [-0.39, 0.29) is 5.75 Å². The van der Waals surface area contributed by atoms with Gasteiger partial charge in [0.25, 0.3) is 0 Å². The van der Waals surface area contributed by atoms with Crippen LogP contribution < -0.4 is 5.73 Å². The van der Waals surface area contributed by atoms with Crippen molar-refractivity contribution in [3.8, 4) is 5.75 Å². The largest absolute Gasteiger partial charge is 0.508 e. The summed E-state index contributed by atoms with van der Waals surface area (Å²) in [4.78, 5) is 13.6. The van der Waals surface area contributed by atoms with Gasteiger partial charge in [0.05, 0.1) is 0 Å². The average molecular weight is 206 g/mol. The second-order valence-corrected chi connectivity index (χ2v) is 3.29. The van der Waals surface area contributed by atoms with Gasteiger partial charge in [-0.3, -0.25) is 4.79 Å². The van der Waals surface area contributed by atoms with Crippen LogP contribution >= 0.6 is 0 Å². The molecule has 5 nitrogen and oxygen atoms in total. The van der Waals surface area contributed by atoms with Gasteiger partial charge in [0.1, 0.15) is 11.8 Å². The zero-order chi connectivity index (χ0) is 11.0. The first-order valence-electron chi connectivity index (χ1n) is 4.38. The van der Waals surface area contributed by atoms with E-state index in [0.29, 0.717) is 10.9 Å². The molecule has 1 atom stereocenters. The van der Waals surface area contributed by atoms with Crippen molar-refractivity contribution in [1.29, 1.82) is 0 Å². The van der Waals surface area contributed by atoms with Crippen LogP contribution in [-0.2, 0) is 4.79 Å². The van der Waals surface area contributed by atoms with Gasteiger partial charge in [-0.15, -0.1) is 0 Å². The molecule has 0 amide bonds. The van der Waals surface area contributed by atoms with Crippen LogP contribution in [0.25, 0.3) is 10.9 Å². The van der Waals surface area contributed by atoms with Gasteiger partial charge >= 0.3 is 5.97 Å². The van der Waals surface area contributed by atoms with Gasteiger partial charge < -0.3 is 20.9 Å². The van der Waals surface area contributed by atoms with Crippen LogP contribution in [0, 0.1) is 0 Å². The molecule has 0 saturated heterocycles. The number of hydrogen-bond donors (Lipinski definition) is 4. The number of carbonyl (C=O) groups is 1. The number of aromatic amines is 1. The molecular formula is C10H10N2O3. The Morgan fingerprint density at radius 1 is 1.47 bits per heavy atom. The van der Waals surface area contributed by atoms with E-state index in [1.165, 1.54) is 12.1 Å². The quantitative estimate of drug-likeness (QED) is 0.588. The van der Waals surface area contributed by atoms with E-state index in [0.717, 1.165) is 5.52 Å². The molecule has 0 aliphatic rings. The highest BCUT2D eigenvalue weighted by molar-refractivity contribution is 5.89. The van der Waals surface area contributed by atoms with Gasteiger partial charge in [-0.2, -0.15) is 0 Å². The SMILES string of the molecule is NC(C(=O)O)c1c[nH]c2ccc(O)cc12. The van der Waals surface area contributed by atoms with Gasteiger partial charge in [-0.1, -0.05) is 0 Å². The number of aromatic nitrogens is 1. The van der Waals surface area contributed by atoms with E-state index in [9.17, 15) is 9.90 Å². The lowest BCUT2D eigenvalue weighted by Gasteiger charge is -2.04. The second kappa shape index (κ2) is 3.29. The van der Waals surface area contributed by atoms with Crippen LogP contribution in [-0.4, -0.2) is 21.2 Å². The van der Waals surface area contributed by atoms with Crippen LogP contribution in [0.4, 0.5) is 0 Å². The summed E-state index contributed by atoms with van der Waals surface area (Å²) >= 11 is 0. The Morgan fingerprint density at radius 2 is 2.20 bits per heavy atom. The normalized spacial score (nSPS) is 12.9. The molecule has 1 unspecified atom stereocenters. The lowest BCUT2D eigenvalue weighted by molar-refractivity contribution is -0.138. The van der Waals surface area contributed by atoms with E-state index in [4.69, 9.17) is 10.8 Å². The molecule has 15 heavy (non-hydrogen) atoms. The van der Waals surface area contributed by atoms with Crippen molar-refractivity contribution in [3.05, 3.63) is 30.0 Å². The van der Waals surface area contributed by atoms with Crippen molar-refractivity contribution in [1.82, 2.24) is 4.98 Å². The number of carboxylic acid groups (broad SMARTS) is 1. The number of fused-ring (bicyclic) bond motifs is 1. The number of H-pyrrole nitrogens is 1. The maximum absolute atomic E-state index is 10.7. The Labute approximate surface area is 85.1 Å². The topological polar surface area (TPSA) is 99.3 Å². The minimum absolute atomic E-state index is 0.0842. The molecule has 0 aliphatic carbocycles. The highest BCUT2D eigenvalue weighted by atomic mass is 16.4. The van der Waals surface area contributed by atoms with Crippen LogP contribution in [0.2, 0.25) is 0 Å². The predicted molar refractivity (Wildman–Crippen MR) is 54.5 cm³/mol. The van der Waals surface area contributed by atoms with Crippen LogP contribution in [0.15, 0.2) is 24.4 Å². The van der Waals surface area contributed by atoms with E-state index in [2.05, 4.69) is 4.98 Å². The van der Waals surface area contributed by atoms with E-state index in [1.54, 1.807) is 12.3 Å². The fraction of sp³-hybridized carbons (Fsp3) is 0.100. The Hall–Kier alpha value is -2.01. The smallest absolute Gasteiger partial charge is 0.325 e. The third kappa shape index (κ3) is 1.53. The number of hydrogen-bond acceptors (Lipinski definition) is 3. The third-order valence-electron chi connectivity index (χ3n) is 2.30. The Morgan fingerprint density at radius 3 is 2.87 bits per heavy atom. The molecule has 1 aromatic carbocycles. The van der Waals surface area contributed by atoms with Crippen LogP contribution in [0.5, 0.6) is 5.75 Å². The standard InChI is InChI=1S/C10H10N2O3/c11-9(10(14)15)7-4-12-8-2-1-5(13)3-6(7)8/h1-4,9,12-13H,11H2,(H,14,15). The summed E-state index contributed by atoms with van der Waals surface area (Å²) in [6.07, 6.45) is 1.54. The molecule has 0 fully saturated rings. The molecule has 2 rings (SSSR count). The number of aliphatic carboxylic acids is 1. The zero-order valence-electron chi connectivity index (χ0n) is 7.77. The van der Waals surface area contributed by atoms with Gasteiger partial charge in [0, 0.05) is 22.7 Å². The third-order valence-corrected chi connectivity index (χ3v) is 2.30. The van der Waals surface area contributed by atoms with Crippen molar-refractivity contribution in [3.63, 3.8) is 0 Å². The molecule has 5 heteroatoms. The summed E-state index contributed by atoms with van der Waals surface area (Å²) < 4.78 is 0. The van der Waals surface area contributed by atoms with Gasteiger partial charge in [-0.05, 0) is 18.2 Å².